The van der Waals surface area contributed by atoms with Gasteiger partial charge in [-0.1, -0.05) is 29.8 Å². The van der Waals surface area contributed by atoms with E-state index in [1.165, 1.54) is 6.20 Å². The Morgan fingerprint density at radius 2 is 1.92 bits per heavy atom. The van der Waals surface area contributed by atoms with Crippen molar-refractivity contribution in [2.75, 3.05) is 6.67 Å². The Balaban J connectivity index is 2.05. The first-order chi connectivity index (χ1) is 11.8. The first-order valence-corrected chi connectivity index (χ1v) is 8.27. The monoisotopic (exact) mass is 362 g/mol. The average Bonchev–Trinajstić information content (AvgIpc) is 2.57. The Morgan fingerprint density at radius 1 is 1.20 bits per heavy atom. The van der Waals surface area contributed by atoms with Gasteiger partial charge in [0.2, 0.25) is 0 Å². The molecule has 0 spiro atoms. The van der Waals surface area contributed by atoms with Crippen LogP contribution in [0.15, 0.2) is 42.6 Å². The van der Waals surface area contributed by atoms with Crippen LogP contribution in [0.1, 0.15) is 35.5 Å². The minimum Gasteiger partial charge on any atom is -0.343 e. The predicted octanol–water partition coefficient (Wildman–Crippen LogP) is 3.57. The Morgan fingerprint density at radius 3 is 2.60 bits per heavy atom. The minimum absolute atomic E-state index is 0.0188. The number of hydrogen-bond donors (Lipinski definition) is 1. The molecule has 1 aromatic carbocycles. The topological polar surface area (TPSA) is 59.1 Å². The van der Waals surface area contributed by atoms with Crippen LogP contribution in [0.4, 0.5) is 4.39 Å². The standard InChI is InChI=1S/C19H20ClFN2O2/c1-19(2,12-21)23-18(25)17-10-13(7-8-22-17)9-15(24)11-14-5-3-4-6-16(14)20/h3-8,10H,9,11-12H2,1-2H3,(H,23,25). The number of ketones is 1. The quantitative estimate of drug-likeness (QED) is 0.819. The Kier molecular flexibility index (Phi) is 6.26. The van der Waals surface area contributed by atoms with Crippen molar-refractivity contribution >= 4 is 23.3 Å². The molecule has 0 bridgehead atoms. The van der Waals surface area contributed by atoms with Gasteiger partial charge in [-0.3, -0.25) is 14.6 Å². The number of nitrogens with one attached hydrogen (secondary N) is 1. The van der Waals surface area contributed by atoms with Crippen molar-refractivity contribution in [2.45, 2.75) is 32.2 Å². The number of rotatable bonds is 7. The first-order valence-electron chi connectivity index (χ1n) is 7.89. The fraction of sp³-hybridized carbons (Fsp3) is 0.316. The molecule has 2 rings (SSSR count). The number of pyridine rings is 1. The van der Waals surface area contributed by atoms with Gasteiger partial charge in [-0.05, 0) is 43.2 Å². The Bertz CT molecular complexity index is 778. The zero-order valence-electron chi connectivity index (χ0n) is 14.2. The minimum atomic E-state index is -0.964. The van der Waals surface area contributed by atoms with E-state index in [1.54, 1.807) is 32.0 Å². The summed E-state index contributed by atoms with van der Waals surface area (Å²) in [6.45, 7) is 2.48. The van der Waals surface area contributed by atoms with E-state index in [-0.39, 0.29) is 24.3 Å². The van der Waals surface area contributed by atoms with Crippen molar-refractivity contribution in [3.8, 4) is 0 Å². The molecule has 1 heterocycles. The summed E-state index contributed by atoms with van der Waals surface area (Å²) < 4.78 is 12.8. The van der Waals surface area contributed by atoms with Crippen LogP contribution < -0.4 is 5.32 Å². The maximum Gasteiger partial charge on any atom is 0.270 e. The SMILES string of the molecule is CC(C)(CF)NC(=O)c1cc(CC(=O)Cc2ccccc2Cl)ccn1. The van der Waals surface area contributed by atoms with Crippen LogP contribution >= 0.6 is 11.6 Å². The number of carbonyl (C=O) groups is 2. The van der Waals surface area contributed by atoms with Crippen molar-refractivity contribution in [3.05, 3.63) is 64.4 Å². The molecule has 0 saturated carbocycles. The smallest absolute Gasteiger partial charge is 0.270 e. The maximum atomic E-state index is 12.8. The highest BCUT2D eigenvalue weighted by atomic mass is 35.5. The maximum absolute atomic E-state index is 12.8. The van der Waals surface area contributed by atoms with E-state index in [1.807, 2.05) is 18.2 Å². The fourth-order valence-corrected chi connectivity index (χ4v) is 2.46. The molecule has 0 unspecified atom stereocenters. The molecule has 1 N–H and O–H groups in total. The summed E-state index contributed by atoms with van der Waals surface area (Å²) in [5.41, 5.74) is 0.639. The van der Waals surface area contributed by atoms with E-state index in [0.29, 0.717) is 10.6 Å². The molecule has 0 aliphatic heterocycles. The van der Waals surface area contributed by atoms with Crippen LogP contribution in [0.25, 0.3) is 0 Å². The summed E-state index contributed by atoms with van der Waals surface area (Å²) >= 11 is 6.07. The number of benzene rings is 1. The second-order valence-corrected chi connectivity index (χ2v) is 6.91. The van der Waals surface area contributed by atoms with Crippen molar-refractivity contribution in [1.29, 1.82) is 0 Å². The third-order valence-corrected chi connectivity index (χ3v) is 3.96. The highest BCUT2D eigenvalue weighted by Crippen LogP contribution is 2.16. The third-order valence-electron chi connectivity index (χ3n) is 3.59. The van der Waals surface area contributed by atoms with Crippen LogP contribution in [0.3, 0.4) is 0 Å². The predicted molar refractivity (Wildman–Crippen MR) is 95.6 cm³/mol. The molecule has 4 nitrogen and oxygen atoms in total. The second kappa shape index (κ2) is 8.21. The number of nitrogens with zero attached hydrogens (tertiary/aromatic N) is 1. The highest BCUT2D eigenvalue weighted by Gasteiger charge is 2.21. The van der Waals surface area contributed by atoms with Gasteiger partial charge in [0.1, 0.15) is 18.2 Å². The number of aromatic nitrogens is 1. The van der Waals surface area contributed by atoms with E-state index in [9.17, 15) is 14.0 Å². The van der Waals surface area contributed by atoms with E-state index in [2.05, 4.69) is 10.3 Å². The third kappa shape index (κ3) is 5.64. The lowest BCUT2D eigenvalue weighted by molar-refractivity contribution is -0.117. The van der Waals surface area contributed by atoms with Crippen LogP contribution in [0.2, 0.25) is 5.02 Å². The molecule has 1 amide bonds. The van der Waals surface area contributed by atoms with E-state index in [4.69, 9.17) is 11.6 Å². The Hall–Kier alpha value is -2.27. The van der Waals surface area contributed by atoms with E-state index >= 15 is 0 Å². The molecule has 1 aromatic heterocycles. The van der Waals surface area contributed by atoms with Gasteiger partial charge in [-0.15, -0.1) is 0 Å². The summed E-state index contributed by atoms with van der Waals surface area (Å²) in [6.07, 6.45) is 1.86. The molecule has 0 aliphatic carbocycles. The van der Waals surface area contributed by atoms with Gasteiger partial charge < -0.3 is 5.32 Å². The molecule has 0 fully saturated rings. The lowest BCUT2D eigenvalue weighted by Crippen LogP contribution is -2.45. The van der Waals surface area contributed by atoms with Gasteiger partial charge in [0, 0.05) is 24.1 Å². The summed E-state index contributed by atoms with van der Waals surface area (Å²) in [5.74, 6) is -0.488. The van der Waals surface area contributed by atoms with Gasteiger partial charge in [0.05, 0.1) is 5.54 Å². The molecule has 0 aliphatic rings. The zero-order chi connectivity index (χ0) is 18.4. The van der Waals surface area contributed by atoms with Crippen LogP contribution in [-0.4, -0.2) is 28.9 Å². The summed E-state index contributed by atoms with van der Waals surface area (Å²) in [5, 5.41) is 3.13. The van der Waals surface area contributed by atoms with Crippen molar-refractivity contribution in [3.63, 3.8) is 0 Å². The lowest BCUT2D eigenvalue weighted by Gasteiger charge is -2.22. The summed E-state index contributed by atoms with van der Waals surface area (Å²) in [4.78, 5) is 28.4. The summed E-state index contributed by atoms with van der Waals surface area (Å²) in [6, 6.07) is 10.4. The number of halogens is 2. The second-order valence-electron chi connectivity index (χ2n) is 6.50. The van der Waals surface area contributed by atoms with E-state index in [0.717, 1.165) is 5.56 Å². The fourth-order valence-electron chi connectivity index (χ4n) is 2.26. The number of amides is 1. The molecular weight excluding hydrogens is 343 g/mol. The zero-order valence-corrected chi connectivity index (χ0v) is 14.9. The molecule has 25 heavy (non-hydrogen) atoms. The largest absolute Gasteiger partial charge is 0.343 e. The molecule has 2 aromatic rings. The van der Waals surface area contributed by atoms with Crippen molar-refractivity contribution < 1.29 is 14.0 Å². The number of carbonyl (C=O) groups excluding carboxylic acids is 2. The van der Waals surface area contributed by atoms with Crippen molar-refractivity contribution in [2.24, 2.45) is 0 Å². The van der Waals surface area contributed by atoms with E-state index < -0.39 is 18.1 Å². The number of hydrogen-bond acceptors (Lipinski definition) is 3. The van der Waals surface area contributed by atoms with Gasteiger partial charge in [0.25, 0.3) is 5.91 Å². The molecule has 0 atom stereocenters. The molecule has 0 radical (unpaired) electrons. The van der Waals surface area contributed by atoms with Gasteiger partial charge in [0.15, 0.2) is 0 Å². The molecule has 6 heteroatoms. The van der Waals surface area contributed by atoms with Crippen LogP contribution in [0.5, 0.6) is 0 Å². The van der Waals surface area contributed by atoms with Gasteiger partial charge in [-0.2, -0.15) is 0 Å². The van der Waals surface area contributed by atoms with Crippen molar-refractivity contribution in [1.82, 2.24) is 10.3 Å². The van der Waals surface area contributed by atoms with Gasteiger partial charge in [-0.25, -0.2) is 4.39 Å². The lowest BCUT2D eigenvalue weighted by atomic mass is 10.0. The molecular formula is C19H20ClFN2O2. The average molecular weight is 363 g/mol. The van der Waals surface area contributed by atoms with Crippen LogP contribution in [0, 0.1) is 0 Å². The summed E-state index contributed by atoms with van der Waals surface area (Å²) in [7, 11) is 0. The highest BCUT2D eigenvalue weighted by molar-refractivity contribution is 6.31. The molecule has 0 saturated heterocycles. The number of alkyl halides is 1. The Labute approximate surface area is 151 Å². The van der Waals surface area contributed by atoms with Crippen LogP contribution in [-0.2, 0) is 17.6 Å². The normalized spacial score (nSPS) is 11.2. The van der Waals surface area contributed by atoms with Gasteiger partial charge >= 0.3 is 0 Å². The number of Topliss-reactive ketones (excluding diaryl/α,β-unsaturated/α-hetero) is 1. The molecule has 132 valence electrons. The first kappa shape index (κ1) is 19.1.